The van der Waals surface area contributed by atoms with E-state index in [1.165, 1.54) is 0 Å². The fourth-order valence-corrected chi connectivity index (χ4v) is 2.62. The first-order valence-corrected chi connectivity index (χ1v) is 7.43. The molecule has 6 heteroatoms. The second kappa shape index (κ2) is 6.16. The van der Waals surface area contributed by atoms with Crippen molar-refractivity contribution in [2.24, 2.45) is 12.8 Å². The molecule has 0 radical (unpaired) electrons. The molecule has 1 atom stereocenters. The van der Waals surface area contributed by atoms with Gasteiger partial charge >= 0.3 is 0 Å². The molecule has 0 aliphatic rings. The third kappa shape index (κ3) is 3.16. The molecule has 2 aromatic rings. The Morgan fingerprint density at radius 2 is 2.20 bits per heavy atom. The fraction of sp³-hybridized carbons (Fsp3) is 0.357. The van der Waals surface area contributed by atoms with Crippen molar-refractivity contribution in [3.05, 3.63) is 44.6 Å². The molecular formula is C14H17BrClN3O. The summed E-state index contributed by atoms with van der Waals surface area (Å²) in [6.45, 7) is 4.27. The number of hydrogen-bond acceptors (Lipinski definition) is 3. The summed E-state index contributed by atoms with van der Waals surface area (Å²) in [6.07, 6.45) is 0. The number of halogens is 2. The van der Waals surface area contributed by atoms with E-state index in [4.69, 9.17) is 22.1 Å². The molecule has 0 amide bonds. The molecule has 1 aromatic heterocycles. The van der Waals surface area contributed by atoms with E-state index in [1.54, 1.807) is 10.7 Å². The standard InChI is InChI=1S/C14H17BrClN3O/c1-8(17)11-6-10(16)4-5-13(11)20-7-12-14(15)9(2)18-19(12)3/h4-6,8H,7,17H2,1-3H3/t8-/m1/s1. The third-order valence-electron chi connectivity index (χ3n) is 3.09. The lowest BCUT2D eigenvalue weighted by Crippen LogP contribution is -2.09. The molecule has 0 aliphatic carbocycles. The van der Waals surface area contributed by atoms with Crippen molar-refractivity contribution in [2.75, 3.05) is 0 Å². The van der Waals surface area contributed by atoms with Crippen LogP contribution in [0, 0.1) is 6.92 Å². The van der Waals surface area contributed by atoms with E-state index in [1.807, 2.05) is 33.0 Å². The summed E-state index contributed by atoms with van der Waals surface area (Å²) in [5, 5.41) is 4.99. The van der Waals surface area contributed by atoms with Gasteiger partial charge in [-0.1, -0.05) is 11.6 Å². The Bertz CT molecular complexity index is 625. The molecule has 1 aromatic carbocycles. The SMILES string of the molecule is Cc1nn(C)c(COc2ccc(Cl)cc2[C@@H](C)N)c1Br. The van der Waals surface area contributed by atoms with Crippen LogP contribution in [-0.4, -0.2) is 9.78 Å². The van der Waals surface area contributed by atoms with Crippen molar-refractivity contribution in [1.29, 1.82) is 0 Å². The highest BCUT2D eigenvalue weighted by atomic mass is 79.9. The van der Waals surface area contributed by atoms with Crippen LogP contribution in [0.4, 0.5) is 0 Å². The molecule has 2 N–H and O–H groups in total. The molecule has 0 spiro atoms. The van der Waals surface area contributed by atoms with Crippen molar-refractivity contribution in [1.82, 2.24) is 9.78 Å². The molecule has 20 heavy (non-hydrogen) atoms. The molecule has 1 heterocycles. The first-order chi connectivity index (χ1) is 9.40. The first-order valence-electron chi connectivity index (χ1n) is 6.26. The quantitative estimate of drug-likeness (QED) is 0.905. The predicted octanol–water partition coefficient (Wildman–Crippen LogP) is 3.74. The zero-order valence-corrected chi connectivity index (χ0v) is 14.0. The van der Waals surface area contributed by atoms with E-state index in [-0.39, 0.29) is 6.04 Å². The Kier molecular flexibility index (Phi) is 4.73. The van der Waals surface area contributed by atoms with Crippen LogP contribution < -0.4 is 10.5 Å². The van der Waals surface area contributed by atoms with Crippen molar-refractivity contribution in [3.63, 3.8) is 0 Å². The van der Waals surface area contributed by atoms with Crippen LogP contribution in [0.5, 0.6) is 5.75 Å². The third-order valence-corrected chi connectivity index (χ3v) is 4.36. The van der Waals surface area contributed by atoms with E-state index in [0.29, 0.717) is 11.6 Å². The minimum absolute atomic E-state index is 0.139. The van der Waals surface area contributed by atoms with Gasteiger partial charge in [-0.25, -0.2) is 0 Å². The van der Waals surface area contributed by atoms with Gasteiger partial charge in [-0.3, -0.25) is 4.68 Å². The van der Waals surface area contributed by atoms with Crippen LogP contribution in [0.25, 0.3) is 0 Å². The number of benzene rings is 1. The van der Waals surface area contributed by atoms with Crippen molar-refractivity contribution in [3.8, 4) is 5.75 Å². The lowest BCUT2D eigenvalue weighted by Gasteiger charge is -2.14. The summed E-state index contributed by atoms with van der Waals surface area (Å²) in [7, 11) is 1.89. The van der Waals surface area contributed by atoms with Gasteiger partial charge in [-0.05, 0) is 48.0 Å². The minimum Gasteiger partial charge on any atom is -0.487 e. The molecule has 0 bridgehead atoms. The predicted molar refractivity (Wildman–Crippen MR) is 84.0 cm³/mol. The zero-order chi connectivity index (χ0) is 14.9. The number of aromatic nitrogens is 2. The summed E-state index contributed by atoms with van der Waals surface area (Å²) in [5.74, 6) is 0.746. The molecule has 0 saturated heterocycles. The van der Waals surface area contributed by atoms with E-state index in [9.17, 15) is 0 Å². The zero-order valence-electron chi connectivity index (χ0n) is 11.7. The average molecular weight is 359 g/mol. The summed E-state index contributed by atoms with van der Waals surface area (Å²) >= 11 is 9.52. The van der Waals surface area contributed by atoms with Gasteiger partial charge < -0.3 is 10.5 Å². The molecule has 0 aliphatic heterocycles. The number of nitrogens with zero attached hydrogens (tertiary/aromatic N) is 2. The van der Waals surface area contributed by atoms with Crippen molar-refractivity contribution < 1.29 is 4.74 Å². The van der Waals surface area contributed by atoms with Gasteiger partial charge in [-0.2, -0.15) is 5.10 Å². The Labute approximate surface area is 132 Å². The molecule has 0 unspecified atom stereocenters. The number of hydrogen-bond donors (Lipinski definition) is 1. The van der Waals surface area contributed by atoms with E-state index in [0.717, 1.165) is 27.2 Å². The summed E-state index contributed by atoms with van der Waals surface area (Å²) in [4.78, 5) is 0. The van der Waals surface area contributed by atoms with Crippen molar-refractivity contribution >= 4 is 27.5 Å². The van der Waals surface area contributed by atoms with Gasteiger partial charge in [0.2, 0.25) is 0 Å². The monoisotopic (exact) mass is 357 g/mol. The smallest absolute Gasteiger partial charge is 0.131 e. The number of aryl methyl sites for hydroxylation is 2. The maximum Gasteiger partial charge on any atom is 0.131 e. The Balaban J connectivity index is 2.23. The second-order valence-electron chi connectivity index (χ2n) is 4.73. The molecule has 108 valence electrons. The minimum atomic E-state index is -0.139. The molecule has 4 nitrogen and oxygen atoms in total. The number of ether oxygens (including phenoxy) is 1. The number of rotatable bonds is 4. The highest BCUT2D eigenvalue weighted by Crippen LogP contribution is 2.29. The average Bonchev–Trinajstić information content (AvgIpc) is 2.62. The van der Waals surface area contributed by atoms with E-state index >= 15 is 0 Å². The first kappa shape index (κ1) is 15.4. The maximum atomic E-state index is 6.00. The largest absolute Gasteiger partial charge is 0.487 e. The Morgan fingerprint density at radius 3 is 2.75 bits per heavy atom. The summed E-state index contributed by atoms with van der Waals surface area (Å²) in [5.41, 5.74) is 8.77. The van der Waals surface area contributed by atoms with Gasteiger partial charge in [0.1, 0.15) is 12.4 Å². The maximum absolute atomic E-state index is 6.00. The van der Waals surface area contributed by atoms with Crippen LogP contribution in [0.3, 0.4) is 0 Å². The van der Waals surface area contributed by atoms with Crippen LogP contribution in [-0.2, 0) is 13.7 Å². The van der Waals surface area contributed by atoms with E-state index in [2.05, 4.69) is 21.0 Å². The molecule has 0 fully saturated rings. The second-order valence-corrected chi connectivity index (χ2v) is 5.96. The lowest BCUT2D eigenvalue weighted by molar-refractivity contribution is 0.290. The van der Waals surface area contributed by atoms with Gasteiger partial charge in [-0.15, -0.1) is 0 Å². The lowest BCUT2D eigenvalue weighted by atomic mass is 10.1. The summed E-state index contributed by atoms with van der Waals surface area (Å²) in [6, 6.07) is 5.34. The molecular weight excluding hydrogens is 342 g/mol. The Hall–Kier alpha value is -1.04. The van der Waals surface area contributed by atoms with Crippen LogP contribution in [0.1, 0.15) is 29.9 Å². The van der Waals surface area contributed by atoms with Gasteiger partial charge in [0.15, 0.2) is 0 Å². The van der Waals surface area contributed by atoms with Crippen LogP contribution in [0.15, 0.2) is 22.7 Å². The van der Waals surface area contributed by atoms with Crippen LogP contribution >= 0.6 is 27.5 Å². The number of nitrogens with two attached hydrogens (primary N) is 1. The fourth-order valence-electron chi connectivity index (χ4n) is 1.99. The molecule has 2 rings (SSSR count). The highest BCUT2D eigenvalue weighted by Gasteiger charge is 2.13. The van der Waals surface area contributed by atoms with Crippen molar-refractivity contribution in [2.45, 2.75) is 26.5 Å². The highest BCUT2D eigenvalue weighted by molar-refractivity contribution is 9.10. The molecule has 0 saturated carbocycles. The normalized spacial score (nSPS) is 12.5. The van der Waals surface area contributed by atoms with E-state index < -0.39 is 0 Å². The van der Waals surface area contributed by atoms with Crippen LogP contribution in [0.2, 0.25) is 5.02 Å². The van der Waals surface area contributed by atoms with Gasteiger partial charge in [0.05, 0.1) is 15.9 Å². The summed E-state index contributed by atoms with van der Waals surface area (Å²) < 4.78 is 8.66. The van der Waals surface area contributed by atoms with Gasteiger partial charge in [0, 0.05) is 23.7 Å². The topological polar surface area (TPSA) is 53.1 Å². The Morgan fingerprint density at radius 1 is 1.50 bits per heavy atom. The van der Waals surface area contributed by atoms with Gasteiger partial charge in [0.25, 0.3) is 0 Å².